The third kappa shape index (κ3) is 6.65. The van der Waals surface area contributed by atoms with Gasteiger partial charge in [-0.25, -0.2) is 18.1 Å². The molecule has 0 spiro atoms. The molecular weight excluding hydrogens is 448 g/mol. The van der Waals surface area contributed by atoms with E-state index in [0.717, 1.165) is 22.3 Å². The molecule has 0 radical (unpaired) electrons. The number of hydrogen-bond donors (Lipinski definition) is 2. The molecule has 0 saturated heterocycles. The lowest BCUT2D eigenvalue weighted by Crippen LogP contribution is -2.35. The third-order valence-corrected chi connectivity index (χ3v) is 7.19. The fourth-order valence-electron chi connectivity index (χ4n) is 3.07. The van der Waals surface area contributed by atoms with Gasteiger partial charge in [-0.3, -0.25) is 0 Å². The summed E-state index contributed by atoms with van der Waals surface area (Å²) >= 11 is 1.30. The van der Waals surface area contributed by atoms with Crippen molar-refractivity contribution in [2.75, 3.05) is 26.1 Å². The Hall–Kier alpha value is -2.69. The van der Waals surface area contributed by atoms with Gasteiger partial charge in [-0.2, -0.15) is 4.37 Å². The summed E-state index contributed by atoms with van der Waals surface area (Å²) in [5, 5.41) is 3.97. The van der Waals surface area contributed by atoms with Crippen LogP contribution in [0.15, 0.2) is 53.4 Å². The standard InChI is InChI=1S/C22H28N4O4S2/c1-4-17(26-32(27,28)20-11-9-19(30-3)10-12-20)13-14-23-22-24-21(25-31-22)15-16-5-7-18(29-2)8-6-16/h5-12,17,26H,4,13-15H2,1-3H3,(H,23,24,25). The first kappa shape index (κ1) is 24.0. The van der Waals surface area contributed by atoms with E-state index in [9.17, 15) is 8.42 Å². The normalized spacial score (nSPS) is 12.3. The summed E-state index contributed by atoms with van der Waals surface area (Å²) in [4.78, 5) is 4.74. The molecule has 0 saturated carbocycles. The van der Waals surface area contributed by atoms with Gasteiger partial charge in [0.1, 0.15) is 17.3 Å². The van der Waals surface area contributed by atoms with Crippen LogP contribution in [0.1, 0.15) is 31.2 Å². The molecule has 8 nitrogen and oxygen atoms in total. The van der Waals surface area contributed by atoms with Crippen LogP contribution in [0.2, 0.25) is 0 Å². The lowest BCUT2D eigenvalue weighted by Gasteiger charge is -2.17. The van der Waals surface area contributed by atoms with Crippen LogP contribution in [0.4, 0.5) is 5.13 Å². The highest BCUT2D eigenvalue weighted by atomic mass is 32.2. The van der Waals surface area contributed by atoms with E-state index < -0.39 is 10.0 Å². The van der Waals surface area contributed by atoms with Crippen LogP contribution in [-0.2, 0) is 16.4 Å². The summed E-state index contributed by atoms with van der Waals surface area (Å²) in [6, 6.07) is 14.0. The van der Waals surface area contributed by atoms with Crippen molar-refractivity contribution < 1.29 is 17.9 Å². The Morgan fingerprint density at radius 2 is 1.62 bits per heavy atom. The number of nitrogens with one attached hydrogen (secondary N) is 2. The second-order valence-corrected chi connectivity index (χ2v) is 9.62. The minimum absolute atomic E-state index is 0.193. The first-order valence-electron chi connectivity index (χ1n) is 10.3. The predicted molar refractivity (Wildman–Crippen MR) is 126 cm³/mol. The Morgan fingerprint density at radius 3 is 2.22 bits per heavy atom. The molecule has 3 rings (SSSR count). The fourth-order valence-corrected chi connectivity index (χ4v) is 5.03. The highest BCUT2D eigenvalue weighted by molar-refractivity contribution is 7.89. The van der Waals surface area contributed by atoms with Crippen molar-refractivity contribution in [1.82, 2.24) is 14.1 Å². The molecule has 0 amide bonds. The van der Waals surface area contributed by atoms with Gasteiger partial charge in [0.25, 0.3) is 0 Å². The smallest absolute Gasteiger partial charge is 0.240 e. The van der Waals surface area contributed by atoms with Gasteiger partial charge >= 0.3 is 0 Å². The molecule has 3 aromatic rings. The van der Waals surface area contributed by atoms with Crippen molar-refractivity contribution in [2.45, 2.75) is 37.1 Å². The molecule has 32 heavy (non-hydrogen) atoms. The summed E-state index contributed by atoms with van der Waals surface area (Å²) in [5.41, 5.74) is 1.11. The molecule has 172 valence electrons. The highest BCUT2D eigenvalue weighted by Gasteiger charge is 2.19. The first-order valence-corrected chi connectivity index (χ1v) is 12.5. The minimum Gasteiger partial charge on any atom is -0.497 e. The predicted octanol–water partition coefficient (Wildman–Crippen LogP) is 3.71. The van der Waals surface area contributed by atoms with Crippen LogP contribution >= 0.6 is 11.5 Å². The zero-order valence-electron chi connectivity index (χ0n) is 18.4. The van der Waals surface area contributed by atoms with Crippen molar-refractivity contribution in [3.05, 3.63) is 59.9 Å². The average Bonchev–Trinajstić information content (AvgIpc) is 3.26. The molecular formula is C22H28N4O4S2. The van der Waals surface area contributed by atoms with Crippen LogP contribution in [0.5, 0.6) is 11.5 Å². The van der Waals surface area contributed by atoms with Crippen molar-refractivity contribution in [3.8, 4) is 11.5 Å². The van der Waals surface area contributed by atoms with Gasteiger partial charge in [0, 0.05) is 30.5 Å². The second kappa shape index (κ2) is 11.3. The van der Waals surface area contributed by atoms with Crippen LogP contribution in [0.25, 0.3) is 0 Å². The maximum Gasteiger partial charge on any atom is 0.240 e. The van der Waals surface area contributed by atoms with Crippen LogP contribution in [0.3, 0.4) is 0 Å². The lowest BCUT2D eigenvalue weighted by atomic mass is 10.1. The second-order valence-electron chi connectivity index (χ2n) is 7.16. The van der Waals surface area contributed by atoms with E-state index in [1.54, 1.807) is 26.4 Å². The number of anilines is 1. The summed E-state index contributed by atoms with van der Waals surface area (Å²) in [7, 11) is -0.410. The van der Waals surface area contributed by atoms with Gasteiger partial charge < -0.3 is 14.8 Å². The SMILES string of the molecule is CCC(CCNc1nc(Cc2ccc(OC)cc2)ns1)NS(=O)(=O)c1ccc(OC)cc1. The monoisotopic (exact) mass is 476 g/mol. The maximum absolute atomic E-state index is 12.7. The quantitative estimate of drug-likeness (QED) is 0.411. The zero-order valence-corrected chi connectivity index (χ0v) is 20.0. The Balaban J connectivity index is 1.50. The van der Waals surface area contributed by atoms with Crippen molar-refractivity contribution in [3.63, 3.8) is 0 Å². The Labute approximate surface area is 193 Å². The summed E-state index contributed by atoms with van der Waals surface area (Å²) in [6.45, 7) is 2.54. The molecule has 1 aromatic heterocycles. The van der Waals surface area contributed by atoms with Crippen LogP contribution < -0.4 is 19.5 Å². The molecule has 10 heteroatoms. The highest BCUT2D eigenvalue weighted by Crippen LogP contribution is 2.18. The molecule has 1 atom stereocenters. The Morgan fingerprint density at radius 1 is 1.00 bits per heavy atom. The fraction of sp³-hybridized carbons (Fsp3) is 0.364. The molecule has 2 N–H and O–H groups in total. The van der Waals surface area contributed by atoms with Gasteiger partial charge in [0.15, 0.2) is 0 Å². The minimum atomic E-state index is -3.59. The van der Waals surface area contributed by atoms with Crippen molar-refractivity contribution >= 4 is 26.7 Å². The lowest BCUT2D eigenvalue weighted by molar-refractivity contribution is 0.414. The molecule has 0 aliphatic heterocycles. The number of methoxy groups -OCH3 is 2. The summed E-state index contributed by atoms with van der Waals surface area (Å²) in [6.07, 6.45) is 1.94. The number of benzene rings is 2. The summed E-state index contributed by atoms with van der Waals surface area (Å²) < 4.78 is 42.7. The first-order chi connectivity index (χ1) is 15.4. The molecule has 0 fully saturated rings. The van der Waals surface area contributed by atoms with Gasteiger partial charge in [0.2, 0.25) is 15.2 Å². The average molecular weight is 477 g/mol. The molecule has 0 aliphatic carbocycles. The zero-order chi connectivity index (χ0) is 23.0. The number of rotatable bonds is 12. The maximum atomic E-state index is 12.7. The molecule has 0 aliphatic rings. The Bertz CT molecular complexity index is 1080. The van der Waals surface area contributed by atoms with E-state index in [1.165, 1.54) is 23.7 Å². The molecule has 0 bridgehead atoms. The molecule has 1 heterocycles. The van der Waals surface area contributed by atoms with Crippen LogP contribution in [0, 0.1) is 0 Å². The number of ether oxygens (including phenoxy) is 2. The van der Waals surface area contributed by atoms with Crippen molar-refractivity contribution in [1.29, 1.82) is 0 Å². The van der Waals surface area contributed by atoms with E-state index >= 15 is 0 Å². The number of nitrogens with zero attached hydrogens (tertiary/aromatic N) is 2. The number of sulfonamides is 1. The summed E-state index contributed by atoms with van der Waals surface area (Å²) in [5.74, 6) is 2.17. The molecule has 2 aromatic carbocycles. The van der Waals surface area contributed by atoms with Crippen LogP contribution in [-0.4, -0.2) is 44.6 Å². The Kier molecular flexibility index (Phi) is 8.43. The van der Waals surface area contributed by atoms with E-state index in [0.29, 0.717) is 31.6 Å². The van der Waals surface area contributed by atoms with E-state index in [2.05, 4.69) is 19.4 Å². The van der Waals surface area contributed by atoms with Gasteiger partial charge in [-0.15, -0.1) is 0 Å². The number of hydrogen-bond acceptors (Lipinski definition) is 8. The van der Waals surface area contributed by atoms with Crippen molar-refractivity contribution in [2.24, 2.45) is 0 Å². The van der Waals surface area contributed by atoms with Gasteiger partial charge in [-0.1, -0.05) is 19.1 Å². The topological polar surface area (TPSA) is 102 Å². The van der Waals surface area contributed by atoms with E-state index in [1.807, 2.05) is 31.2 Å². The third-order valence-electron chi connectivity index (χ3n) is 4.94. The van der Waals surface area contributed by atoms with Gasteiger partial charge in [-0.05, 0) is 54.8 Å². The largest absolute Gasteiger partial charge is 0.497 e. The molecule has 1 unspecified atom stereocenters. The van der Waals surface area contributed by atoms with E-state index in [-0.39, 0.29) is 10.9 Å². The van der Waals surface area contributed by atoms with Gasteiger partial charge in [0.05, 0.1) is 19.1 Å². The van der Waals surface area contributed by atoms with E-state index in [4.69, 9.17) is 9.47 Å². The number of aromatic nitrogens is 2.